The van der Waals surface area contributed by atoms with Crippen LogP contribution in [0.25, 0.3) is 0 Å². The van der Waals surface area contributed by atoms with Gasteiger partial charge in [0, 0.05) is 19.3 Å². The fourth-order valence-electron chi connectivity index (χ4n) is 2.26. The first-order valence-corrected chi connectivity index (χ1v) is 7.42. The third-order valence-corrected chi connectivity index (χ3v) is 3.30. The highest BCUT2D eigenvalue weighted by Crippen LogP contribution is 2.35. The number of benzene rings is 1. The van der Waals surface area contributed by atoms with Crippen LogP contribution in [-0.4, -0.2) is 41.3 Å². The molecule has 0 aliphatic carbocycles. The molecule has 1 N–H and O–H groups in total. The van der Waals surface area contributed by atoms with Crippen LogP contribution in [0.3, 0.4) is 0 Å². The Labute approximate surface area is 138 Å². The minimum atomic E-state index is -4.49. The van der Waals surface area contributed by atoms with E-state index in [-0.39, 0.29) is 18.9 Å². The van der Waals surface area contributed by atoms with Crippen molar-refractivity contribution in [2.75, 3.05) is 20.2 Å². The fraction of sp³-hybridized carbons (Fsp3) is 0.353. The number of rotatable bonds is 7. The van der Waals surface area contributed by atoms with Crippen molar-refractivity contribution in [3.63, 3.8) is 0 Å². The van der Waals surface area contributed by atoms with Crippen LogP contribution in [0.1, 0.15) is 11.3 Å². The Balaban J connectivity index is 1.86. The van der Waals surface area contributed by atoms with Crippen LogP contribution in [0, 0.1) is 0 Å². The molecule has 2 rings (SSSR count). The van der Waals surface area contributed by atoms with E-state index >= 15 is 0 Å². The molecule has 1 atom stereocenters. The van der Waals surface area contributed by atoms with Crippen molar-refractivity contribution >= 4 is 0 Å². The van der Waals surface area contributed by atoms with E-state index in [0.717, 1.165) is 11.8 Å². The van der Waals surface area contributed by atoms with Crippen molar-refractivity contribution in [3.8, 4) is 5.75 Å². The maximum atomic E-state index is 12.9. The summed E-state index contributed by atoms with van der Waals surface area (Å²) in [4.78, 5) is 6.00. The number of hydrogen-bond acceptors (Lipinski definition) is 4. The van der Waals surface area contributed by atoms with E-state index in [4.69, 9.17) is 4.74 Å². The molecule has 130 valence electrons. The smallest absolute Gasteiger partial charge is 0.419 e. The summed E-state index contributed by atoms with van der Waals surface area (Å²) in [6.45, 7) is 0.557. The Morgan fingerprint density at radius 1 is 1.17 bits per heavy atom. The summed E-state index contributed by atoms with van der Waals surface area (Å²) in [5.41, 5.74) is -0.00502. The zero-order chi connectivity index (χ0) is 17.6. The molecule has 0 amide bonds. The predicted molar refractivity (Wildman–Crippen MR) is 83.5 cm³/mol. The van der Waals surface area contributed by atoms with E-state index in [0.29, 0.717) is 6.54 Å². The van der Waals surface area contributed by atoms with Crippen LogP contribution in [0.4, 0.5) is 13.2 Å². The Kier molecular flexibility index (Phi) is 6.16. The first kappa shape index (κ1) is 18.2. The summed E-state index contributed by atoms with van der Waals surface area (Å²) in [7, 11) is 1.79. The van der Waals surface area contributed by atoms with E-state index in [1.807, 2.05) is 23.1 Å². The van der Waals surface area contributed by atoms with E-state index in [1.54, 1.807) is 13.2 Å². The maximum absolute atomic E-state index is 12.9. The highest BCUT2D eigenvalue weighted by Gasteiger charge is 2.34. The topological polar surface area (TPSA) is 45.6 Å². The number of nitrogens with zero attached hydrogens (tertiary/aromatic N) is 2. The lowest BCUT2D eigenvalue weighted by Gasteiger charge is -2.21. The molecule has 0 spiro atoms. The van der Waals surface area contributed by atoms with Gasteiger partial charge in [0.05, 0.1) is 11.3 Å². The number of hydrogen-bond donors (Lipinski definition) is 1. The molecule has 4 nitrogen and oxygen atoms in total. The summed E-state index contributed by atoms with van der Waals surface area (Å²) in [6, 6.07) is 10.5. The maximum Gasteiger partial charge on any atom is 0.419 e. The quantitative estimate of drug-likeness (QED) is 0.842. The van der Waals surface area contributed by atoms with Crippen molar-refractivity contribution in [1.29, 1.82) is 0 Å². The van der Waals surface area contributed by atoms with Gasteiger partial charge in [-0.05, 0) is 31.3 Å². The summed E-state index contributed by atoms with van der Waals surface area (Å²) in [5, 5.41) is 9.98. The van der Waals surface area contributed by atoms with Crippen LogP contribution in [0.2, 0.25) is 0 Å². The molecule has 0 radical (unpaired) electrons. The number of likely N-dealkylation sites (N-methyl/N-ethyl adjacent to an activating group) is 1. The average molecular weight is 340 g/mol. The number of ether oxygens (including phenoxy) is 1. The number of alkyl halides is 3. The van der Waals surface area contributed by atoms with Gasteiger partial charge in [0.2, 0.25) is 0 Å². The first-order chi connectivity index (χ1) is 11.4. The SMILES string of the molecule is CN(Cc1ccccn1)C[C@H](O)COc1ccccc1C(F)(F)F. The normalized spacial score (nSPS) is 13.1. The van der Waals surface area contributed by atoms with Gasteiger partial charge >= 0.3 is 6.18 Å². The molecule has 7 heteroatoms. The van der Waals surface area contributed by atoms with Gasteiger partial charge in [-0.15, -0.1) is 0 Å². The molecule has 0 bridgehead atoms. The molecule has 2 aromatic rings. The van der Waals surface area contributed by atoms with Gasteiger partial charge in [0.25, 0.3) is 0 Å². The second kappa shape index (κ2) is 8.12. The van der Waals surface area contributed by atoms with E-state index in [1.165, 1.54) is 18.2 Å². The molecule has 0 saturated carbocycles. The minimum absolute atomic E-state index is 0.223. The number of aromatic nitrogens is 1. The number of pyridine rings is 1. The molecule has 0 unspecified atom stereocenters. The molecule has 1 heterocycles. The summed E-state index contributed by atoms with van der Waals surface area (Å²) < 4.78 is 43.8. The van der Waals surface area contributed by atoms with Crippen LogP contribution in [-0.2, 0) is 12.7 Å². The molecule has 0 saturated heterocycles. The highest BCUT2D eigenvalue weighted by atomic mass is 19.4. The van der Waals surface area contributed by atoms with Crippen LogP contribution in [0.5, 0.6) is 5.75 Å². The zero-order valence-corrected chi connectivity index (χ0v) is 13.2. The van der Waals surface area contributed by atoms with E-state index < -0.39 is 17.8 Å². The van der Waals surface area contributed by atoms with E-state index in [2.05, 4.69) is 4.98 Å². The number of aliphatic hydroxyl groups is 1. The molecule has 0 aliphatic rings. The third kappa shape index (κ3) is 5.50. The van der Waals surface area contributed by atoms with Crippen LogP contribution < -0.4 is 4.74 Å². The summed E-state index contributed by atoms with van der Waals surface area (Å²) >= 11 is 0. The van der Waals surface area contributed by atoms with Gasteiger partial charge in [-0.25, -0.2) is 0 Å². The van der Waals surface area contributed by atoms with Crippen molar-refractivity contribution in [3.05, 3.63) is 59.9 Å². The number of halogens is 3. The van der Waals surface area contributed by atoms with Gasteiger partial charge in [-0.3, -0.25) is 9.88 Å². The Morgan fingerprint density at radius 3 is 2.54 bits per heavy atom. The molecule has 0 fully saturated rings. The molecule has 0 aliphatic heterocycles. The standard InChI is InChI=1S/C17H19F3N2O2/c1-22(10-13-6-4-5-9-21-13)11-14(23)12-24-16-8-3-2-7-15(16)17(18,19)20/h2-9,14,23H,10-12H2,1H3/t14-/m0/s1. The van der Waals surface area contributed by atoms with Gasteiger partial charge in [0.1, 0.15) is 18.5 Å². The number of aliphatic hydroxyl groups excluding tert-OH is 1. The summed E-state index contributed by atoms with van der Waals surface area (Å²) in [6.07, 6.45) is -3.73. The number of para-hydroxylation sites is 1. The van der Waals surface area contributed by atoms with Crippen LogP contribution >= 0.6 is 0 Å². The lowest BCUT2D eigenvalue weighted by molar-refractivity contribution is -0.139. The van der Waals surface area contributed by atoms with Crippen LogP contribution in [0.15, 0.2) is 48.7 Å². The van der Waals surface area contributed by atoms with Crippen molar-refractivity contribution < 1.29 is 23.0 Å². The Morgan fingerprint density at radius 2 is 1.88 bits per heavy atom. The van der Waals surface area contributed by atoms with E-state index in [9.17, 15) is 18.3 Å². The van der Waals surface area contributed by atoms with Crippen molar-refractivity contribution in [2.24, 2.45) is 0 Å². The largest absolute Gasteiger partial charge is 0.490 e. The highest BCUT2D eigenvalue weighted by molar-refractivity contribution is 5.35. The molecule has 1 aromatic heterocycles. The van der Waals surface area contributed by atoms with Gasteiger partial charge in [-0.1, -0.05) is 18.2 Å². The van der Waals surface area contributed by atoms with Gasteiger partial charge in [-0.2, -0.15) is 13.2 Å². The minimum Gasteiger partial charge on any atom is -0.490 e. The predicted octanol–water partition coefficient (Wildman–Crippen LogP) is 2.97. The average Bonchev–Trinajstić information content (AvgIpc) is 2.53. The lowest BCUT2D eigenvalue weighted by atomic mass is 10.2. The third-order valence-electron chi connectivity index (χ3n) is 3.30. The molecule has 24 heavy (non-hydrogen) atoms. The van der Waals surface area contributed by atoms with Crippen molar-refractivity contribution in [1.82, 2.24) is 9.88 Å². The fourth-order valence-corrected chi connectivity index (χ4v) is 2.26. The Hall–Kier alpha value is -2.12. The lowest BCUT2D eigenvalue weighted by Crippen LogP contribution is -2.33. The van der Waals surface area contributed by atoms with Gasteiger partial charge < -0.3 is 9.84 Å². The molecule has 1 aromatic carbocycles. The Bertz CT molecular complexity index is 635. The second-order valence-electron chi connectivity index (χ2n) is 5.48. The molecular formula is C17H19F3N2O2. The second-order valence-corrected chi connectivity index (χ2v) is 5.48. The zero-order valence-electron chi connectivity index (χ0n) is 13.2. The van der Waals surface area contributed by atoms with Gasteiger partial charge in [0.15, 0.2) is 0 Å². The monoisotopic (exact) mass is 340 g/mol. The first-order valence-electron chi connectivity index (χ1n) is 7.42. The van der Waals surface area contributed by atoms with Crippen molar-refractivity contribution in [2.45, 2.75) is 18.8 Å². The summed E-state index contributed by atoms with van der Waals surface area (Å²) in [5.74, 6) is -0.281. The molecular weight excluding hydrogens is 321 g/mol.